The Kier molecular flexibility index (Phi) is 9.62. The largest absolute Gasteiger partial charge is 0.775 e. The van der Waals surface area contributed by atoms with Crippen LogP contribution >= 0.6 is 0 Å². The van der Waals surface area contributed by atoms with E-state index in [1.54, 1.807) is 9.36 Å². The van der Waals surface area contributed by atoms with Crippen molar-refractivity contribution in [2.75, 3.05) is 0 Å². The third-order valence-electron chi connectivity index (χ3n) is 5.49. The molecule has 0 amide bonds. The van der Waals surface area contributed by atoms with Gasteiger partial charge in [-0.3, -0.25) is 9.05 Å². The van der Waals surface area contributed by atoms with Crippen molar-refractivity contribution in [3.8, 4) is 22.5 Å². The zero-order valence-corrected chi connectivity index (χ0v) is 19.6. The molecule has 0 spiro atoms. The predicted octanol–water partition coefficient (Wildman–Crippen LogP) is 5.90. The van der Waals surface area contributed by atoms with Gasteiger partial charge < -0.3 is 10.4 Å². The molecule has 0 aliphatic carbocycles. The number of unbranched alkanes of at least 4 members (excludes halogenated alkanes) is 6. The Morgan fingerprint density at radius 1 is 0.735 bits per heavy atom. The second-order valence-corrected chi connectivity index (χ2v) is 7.97. The molecule has 0 atom stereocenters. The normalized spacial score (nSPS) is 11.8. The topological polar surface area (TPSA) is 155 Å². The third-order valence-corrected chi connectivity index (χ3v) is 5.49. The van der Waals surface area contributed by atoms with Crippen LogP contribution in [0.25, 0.3) is 22.5 Å². The molecule has 12 heteroatoms. The van der Waals surface area contributed by atoms with E-state index in [4.69, 9.17) is 9.05 Å². The smallest absolute Gasteiger partial charge is 0.347 e. The van der Waals surface area contributed by atoms with Gasteiger partial charge in [0.05, 0.1) is 11.1 Å². The van der Waals surface area contributed by atoms with Crippen molar-refractivity contribution in [3.05, 3.63) is 34.7 Å². The summed E-state index contributed by atoms with van der Waals surface area (Å²) in [7, 11) is 0. The van der Waals surface area contributed by atoms with E-state index < -0.39 is 0 Å². The van der Waals surface area contributed by atoms with Gasteiger partial charge in [-0.15, -0.1) is 10.2 Å². The van der Waals surface area contributed by atoms with Crippen molar-refractivity contribution in [1.82, 2.24) is 10.5 Å². The van der Waals surface area contributed by atoms with Gasteiger partial charge in [0.1, 0.15) is 0 Å². The highest BCUT2D eigenvalue weighted by Gasteiger charge is 2.30. The minimum atomic E-state index is 0.0277. The zero-order valence-electron chi connectivity index (χ0n) is 19.6. The molecule has 2 heterocycles. The number of aromatic nitrogens is 4. The van der Waals surface area contributed by atoms with Gasteiger partial charge in [0.2, 0.25) is 10.5 Å². The molecule has 0 aliphatic heterocycles. The second-order valence-electron chi connectivity index (χ2n) is 7.97. The summed E-state index contributed by atoms with van der Waals surface area (Å²) in [5.74, 6) is 0.0553. The molecule has 0 unspecified atom stereocenters. The number of aryl methyl sites for hydroxylation is 2. The van der Waals surface area contributed by atoms with Crippen LogP contribution in [0.5, 0.6) is 0 Å². The first-order valence-electron chi connectivity index (χ1n) is 11.7. The lowest BCUT2D eigenvalue weighted by Gasteiger charge is -2.01. The van der Waals surface area contributed by atoms with Gasteiger partial charge in [0.25, 0.3) is 0 Å². The zero-order chi connectivity index (χ0) is 24.2. The van der Waals surface area contributed by atoms with E-state index in [-0.39, 0.29) is 11.8 Å². The highest BCUT2D eigenvalue weighted by molar-refractivity contribution is 5.73. The third kappa shape index (κ3) is 6.21. The second kappa shape index (κ2) is 13.1. The van der Waals surface area contributed by atoms with Crippen LogP contribution in [0.4, 0.5) is 11.8 Å². The molecule has 0 bridgehead atoms. The van der Waals surface area contributed by atoms with E-state index in [0.717, 1.165) is 51.4 Å². The maximum absolute atomic E-state index is 10.8. The summed E-state index contributed by atoms with van der Waals surface area (Å²) in [6.07, 6.45) is 8.40. The van der Waals surface area contributed by atoms with Gasteiger partial charge in [0, 0.05) is 12.8 Å². The van der Waals surface area contributed by atoms with Crippen LogP contribution in [0.1, 0.15) is 65.2 Å². The molecule has 182 valence electrons. The quantitative estimate of drug-likeness (QED) is 0.124. The van der Waals surface area contributed by atoms with E-state index in [0.29, 0.717) is 35.6 Å². The highest BCUT2D eigenvalue weighted by atomic mass is 16.5. The minimum absolute atomic E-state index is 0.0277. The van der Waals surface area contributed by atoms with Gasteiger partial charge in [-0.2, -0.15) is 0 Å². The first-order chi connectivity index (χ1) is 16.7. The van der Waals surface area contributed by atoms with Crippen LogP contribution < -0.4 is 9.36 Å². The Bertz CT molecular complexity index is 1010. The molecule has 3 aromatic rings. The van der Waals surface area contributed by atoms with Crippen molar-refractivity contribution in [3.63, 3.8) is 0 Å². The lowest BCUT2D eigenvalue weighted by molar-refractivity contribution is -0.753. The molecule has 34 heavy (non-hydrogen) atoms. The molecule has 0 saturated heterocycles. The molecule has 3 rings (SSSR count). The van der Waals surface area contributed by atoms with Gasteiger partial charge in [0.15, 0.2) is 13.1 Å². The van der Waals surface area contributed by atoms with E-state index in [2.05, 4.69) is 45.2 Å². The van der Waals surface area contributed by atoms with E-state index in [1.807, 2.05) is 24.3 Å². The lowest BCUT2D eigenvalue weighted by atomic mass is 10.1. The summed E-state index contributed by atoms with van der Waals surface area (Å²) < 4.78 is 13.9. The summed E-state index contributed by atoms with van der Waals surface area (Å²) in [5, 5.41) is 42.2. The average molecular weight is 471 g/mol. The number of rotatable bonds is 14. The van der Waals surface area contributed by atoms with Gasteiger partial charge in [-0.1, -0.05) is 45.6 Å². The van der Waals surface area contributed by atoms with Crippen molar-refractivity contribution in [2.45, 2.75) is 78.3 Å². The Morgan fingerprint density at radius 2 is 1.21 bits per heavy atom. The SMILES string of the molecule is CCCCCC[n+]1noc(/N=N/[O-])c1-c1cccc(-c2c(/N=N/[O-])on[n+]2CCCCCC)c1. The molecular weight excluding hydrogens is 440 g/mol. The minimum Gasteiger partial charge on any atom is -0.775 e. The highest BCUT2D eigenvalue weighted by Crippen LogP contribution is 2.33. The van der Waals surface area contributed by atoms with Crippen molar-refractivity contribution in [1.29, 1.82) is 0 Å². The molecule has 1 aromatic carbocycles. The van der Waals surface area contributed by atoms with Crippen LogP contribution in [0.3, 0.4) is 0 Å². The molecule has 0 aliphatic rings. The molecular formula is C22H30N8O4. The Balaban J connectivity index is 1.98. The fourth-order valence-corrected chi connectivity index (χ4v) is 3.81. The van der Waals surface area contributed by atoms with Crippen molar-refractivity contribution in [2.24, 2.45) is 20.8 Å². The molecule has 0 N–H and O–H groups in total. The molecule has 2 aromatic heterocycles. The van der Waals surface area contributed by atoms with Crippen LogP contribution in [0.2, 0.25) is 0 Å². The van der Waals surface area contributed by atoms with Crippen LogP contribution in [-0.4, -0.2) is 10.5 Å². The van der Waals surface area contributed by atoms with E-state index in [9.17, 15) is 10.4 Å². The fraction of sp³-hybridized carbons (Fsp3) is 0.545. The Labute approximate surface area is 197 Å². The average Bonchev–Trinajstić information content (AvgIpc) is 3.44. The van der Waals surface area contributed by atoms with Gasteiger partial charge in [-0.05, 0) is 40.4 Å². The maximum atomic E-state index is 10.8. The molecule has 0 radical (unpaired) electrons. The number of benzene rings is 1. The summed E-state index contributed by atoms with van der Waals surface area (Å²) >= 11 is 0. The van der Waals surface area contributed by atoms with Crippen LogP contribution in [0.15, 0.2) is 54.1 Å². The maximum Gasteiger partial charge on any atom is 0.347 e. The molecule has 0 fully saturated rings. The molecule has 0 saturated carbocycles. The van der Waals surface area contributed by atoms with E-state index >= 15 is 0 Å². The first kappa shape index (κ1) is 24.9. The summed E-state index contributed by atoms with van der Waals surface area (Å²) in [5.41, 5.74) is 2.49. The van der Waals surface area contributed by atoms with Gasteiger partial charge >= 0.3 is 23.2 Å². The van der Waals surface area contributed by atoms with Crippen LogP contribution in [0, 0.1) is 10.4 Å². The van der Waals surface area contributed by atoms with Crippen molar-refractivity contribution < 1.29 is 18.4 Å². The Morgan fingerprint density at radius 3 is 1.62 bits per heavy atom. The number of hydrogen-bond donors (Lipinski definition) is 0. The fourth-order valence-electron chi connectivity index (χ4n) is 3.81. The van der Waals surface area contributed by atoms with E-state index in [1.165, 1.54) is 0 Å². The van der Waals surface area contributed by atoms with Crippen LogP contribution in [-0.2, 0) is 13.1 Å². The summed E-state index contributed by atoms with van der Waals surface area (Å²) in [6, 6.07) is 7.41. The monoisotopic (exact) mass is 470 g/mol. The predicted molar refractivity (Wildman–Crippen MR) is 122 cm³/mol. The Hall–Kier alpha value is -3.70. The van der Waals surface area contributed by atoms with Crippen molar-refractivity contribution >= 4 is 11.8 Å². The lowest BCUT2D eigenvalue weighted by Crippen LogP contribution is -2.38. The first-order valence-corrected chi connectivity index (χ1v) is 11.7. The van der Waals surface area contributed by atoms with Gasteiger partial charge in [-0.25, -0.2) is 10.6 Å². The number of hydrogen-bond acceptors (Lipinski definition) is 10. The standard InChI is InChI=1S/C22H30N8O4/c1-3-5-7-9-14-29-19(21(23-25-31)33-27-29)17-12-11-13-18(16-17)20-22(24-26-32)34-28-30(20)15-10-8-6-4-2/h11-13,16H,3-10,14-15H2,1-2H3. The molecule has 12 nitrogen and oxygen atoms in total. The number of nitrogens with zero attached hydrogens (tertiary/aromatic N) is 8. The summed E-state index contributed by atoms with van der Waals surface area (Å²) in [6.45, 7) is 5.51. The summed E-state index contributed by atoms with van der Waals surface area (Å²) in [4.78, 5) is 0.